The molecule has 0 saturated carbocycles. The van der Waals surface area contributed by atoms with Gasteiger partial charge in [-0.15, -0.1) is 0 Å². The molecule has 19 aromatic rings. The van der Waals surface area contributed by atoms with Crippen molar-refractivity contribution in [2.24, 2.45) is 0 Å². The first-order chi connectivity index (χ1) is 59.6. The molecule has 4 aromatic heterocycles. The lowest BCUT2D eigenvalue weighted by Gasteiger charge is -2.46. The molecule has 7 heteroatoms. The quantitative estimate of drug-likeness (QED) is 0.142. The number of para-hydroxylation sites is 6. The van der Waals surface area contributed by atoms with Crippen molar-refractivity contribution in [2.45, 2.75) is 131 Å². The summed E-state index contributed by atoms with van der Waals surface area (Å²) in [4.78, 5) is 5.06. The number of hydrogen-bond acceptors (Lipinski definition) is 2. The summed E-state index contributed by atoms with van der Waals surface area (Å²) in [6, 6.07) is 95.5. The average molecular weight is 1520 g/mol. The van der Waals surface area contributed by atoms with Gasteiger partial charge in [0.15, 0.2) is 0 Å². The van der Waals surface area contributed by atoms with Gasteiger partial charge in [0.1, 0.15) is 0 Å². The van der Waals surface area contributed by atoms with Crippen molar-refractivity contribution in [1.29, 1.82) is 0 Å². The average Bonchev–Trinajstić information content (AvgIpc) is 1.56. The topological polar surface area (TPSA) is 26.2 Å². The minimum absolute atomic E-state index is 0.00756. The monoisotopic (exact) mass is 1520 g/mol. The molecule has 0 aliphatic carbocycles. The van der Waals surface area contributed by atoms with E-state index in [-0.39, 0.29) is 55.6 Å². The lowest BCUT2D eigenvalue weighted by atomic mass is 9.33. The number of benzene rings is 15. The summed E-state index contributed by atoms with van der Waals surface area (Å²) in [5, 5.41) is 6.77. The largest absolute Gasteiger partial charge is 0.310 e. The van der Waals surface area contributed by atoms with Gasteiger partial charge in [-0.05, 0) is 204 Å². The Bertz CT molecular complexity index is 7570. The van der Waals surface area contributed by atoms with E-state index in [0.717, 1.165) is 139 Å². The minimum atomic E-state index is -0.521. The predicted octanol–water partition coefficient (Wildman–Crippen LogP) is 28.0. The second-order valence-electron chi connectivity index (χ2n) is 37.6. The van der Waals surface area contributed by atoms with Crippen LogP contribution in [-0.4, -0.2) is 25.0 Å². The summed E-state index contributed by atoms with van der Waals surface area (Å²) in [5.74, 6) is 0. The molecule has 15 aromatic carbocycles. The predicted molar refractivity (Wildman–Crippen MR) is 502 cm³/mol. The molecule has 2 aliphatic rings. The van der Waals surface area contributed by atoms with Gasteiger partial charge in [-0.3, -0.25) is 0 Å². The van der Waals surface area contributed by atoms with Crippen LogP contribution in [0.5, 0.6) is 0 Å². The normalized spacial score (nSPS) is 14.3. The molecule has 0 bridgehead atoms. The minimum Gasteiger partial charge on any atom is -0.310 e. The molecule has 21 rings (SSSR count). The Labute approximate surface area is 698 Å². The molecule has 0 amide bonds. The van der Waals surface area contributed by atoms with Gasteiger partial charge in [-0.25, -0.2) is 0 Å². The Morgan fingerprint density at radius 3 is 1.07 bits per heavy atom. The molecule has 6 nitrogen and oxygen atoms in total. The standard InChI is InChI=1S/C110H97BN6/c1-106(2,3)70-48-56-92-84(60-70)85-61-71(107(4,5)6)49-57-93(85)113(92)77-53-55-89-99(67-77)117(103-78(68-32-19-16-20-33-68)40-29-41-79(103)69-34-21-17-22-35-69)101-65-74(110(13,14)15)64-100-102(101)111(89)88-54-52-76(112-90-44-27-25-38-80(90)81-39-26-28-45-91(81)112)66-98(88)116(100)97-47-31-43-83-82-42-30-46-96(104(82)114(105(83)97)75-36-23-18-24-37-75)115-94-58-50-72(108(7,8)9)62-86(94)87-63-73(109(10,11)12)51-59-95(87)115/h16-67H,1-15H3/i25D,26D,27D,28D,38D,39D,44D,45D. The fourth-order valence-corrected chi connectivity index (χ4v) is 19.1. The number of aromatic nitrogens is 4. The van der Waals surface area contributed by atoms with Gasteiger partial charge in [0, 0.05) is 94.0 Å². The van der Waals surface area contributed by atoms with Crippen molar-refractivity contribution in [3.63, 3.8) is 0 Å². The molecule has 117 heavy (non-hydrogen) atoms. The molecular weight excluding hydrogens is 1420 g/mol. The van der Waals surface area contributed by atoms with Crippen LogP contribution in [0.15, 0.2) is 315 Å². The number of rotatable bonds is 8. The van der Waals surface area contributed by atoms with Gasteiger partial charge in [0.05, 0.1) is 72.2 Å². The first-order valence-corrected chi connectivity index (χ1v) is 41.2. The van der Waals surface area contributed by atoms with E-state index in [1.54, 1.807) is 4.57 Å². The fraction of sp³-hybridized carbons (Fsp3) is 0.182. The molecule has 0 atom stereocenters. The van der Waals surface area contributed by atoms with Crippen LogP contribution in [-0.2, 0) is 27.1 Å². The summed E-state index contributed by atoms with van der Waals surface area (Å²) in [6.45, 7) is 33.8. The Hall–Kier alpha value is -12.8. The molecule has 0 radical (unpaired) electrons. The van der Waals surface area contributed by atoms with Crippen LogP contribution in [0.25, 0.3) is 132 Å². The van der Waals surface area contributed by atoms with Crippen molar-refractivity contribution < 1.29 is 11.0 Å². The van der Waals surface area contributed by atoms with Gasteiger partial charge in [-0.1, -0.05) is 298 Å². The third-order valence-electron chi connectivity index (χ3n) is 25.1. The second-order valence-corrected chi connectivity index (χ2v) is 37.6. The Morgan fingerprint density at radius 1 is 0.248 bits per heavy atom. The molecule has 2 aliphatic heterocycles. The highest BCUT2D eigenvalue weighted by Crippen LogP contribution is 2.55. The van der Waals surface area contributed by atoms with Gasteiger partial charge in [-0.2, -0.15) is 0 Å². The zero-order chi connectivity index (χ0) is 87.2. The first-order valence-electron chi connectivity index (χ1n) is 45.2. The van der Waals surface area contributed by atoms with Crippen LogP contribution in [0.3, 0.4) is 0 Å². The lowest BCUT2D eigenvalue weighted by molar-refractivity contribution is 0.590. The molecule has 6 heterocycles. The third-order valence-corrected chi connectivity index (χ3v) is 25.1. The molecule has 0 spiro atoms. The maximum Gasteiger partial charge on any atom is 0.252 e. The molecule has 0 saturated heterocycles. The highest BCUT2D eigenvalue weighted by molar-refractivity contribution is 7.00. The Morgan fingerprint density at radius 2 is 0.624 bits per heavy atom. The SMILES string of the molecule is [2H]c1c([2H])c([2H])c2c(c1[2H])c1c([2H])c([2H])c([2H])c([2H])c1n2-c1ccc2c(c1)N(c1cccc3c4cccc(-n5c6ccc(C(C)(C)C)cc6c6cc(C(C)(C)C)ccc65)c4n(-c4ccccc4)c13)c1cc(C(C)(C)C)cc3c1B2c1ccc(-n2c4ccc(C(C)(C)C)cc4c4cc(C(C)(C)C)ccc42)cc1N3c1c(-c2ccccc2)cccc1-c1ccccc1. The van der Waals surface area contributed by atoms with Crippen LogP contribution in [0.4, 0.5) is 34.1 Å². The van der Waals surface area contributed by atoms with Crippen LogP contribution in [0.2, 0.25) is 0 Å². The van der Waals surface area contributed by atoms with Gasteiger partial charge < -0.3 is 28.1 Å². The van der Waals surface area contributed by atoms with Crippen molar-refractivity contribution in [3.05, 3.63) is 343 Å². The van der Waals surface area contributed by atoms with Crippen molar-refractivity contribution in [3.8, 4) is 45.0 Å². The van der Waals surface area contributed by atoms with E-state index in [1.165, 1.54) is 43.8 Å². The molecule has 570 valence electrons. The maximum absolute atomic E-state index is 9.99. The Balaban J connectivity index is 0.936. The number of fused-ring (bicyclic) bond motifs is 16. The van der Waals surface area contributed by atoms with Crippen molar-refractivity contribution >= 4 is 144 Å². The summed E-state index contributed by atoms with van der Waals surface area (Å²) >= 11 is 0. The smallest absolute Gasteiger partial charge is 0.252 e. The highest BCUT2D eigenvalue weighted by Gasteiger charge is 2.46. The molecule has 0 unspecified atom stereocenters. The lowest BCUT2D eigenvalue weighted by Crippen LogP contribution is -2.61. The zero-order valence-electron chi connectivity index (χ0n) is 77.2. The van der Waals surface area contributed by atoms with Crippen LogP contribution >= 0.6 is 0 Å². The van der Waals surface area contributed by atoms with Crippen molar-refractivity contribution in [1.82, 2.24) is 18.3 Å². The van der Waals surface area contributed by atoms with E-state index in [0.29, 0.717) is 5.69 Å². The van der Waals surface area contributed by atoms with Crippen LogP contribution in [0, 0.1) is 0 Å². The van der Waals surface area contributed by atoms with E-state index in [2.05, 4.69) is 388 Å². The van der Waals surface area contributed by atoms with Crippen molar-refractivity contribution in [2.75, 3.05) is 9.80 Å². The third kappa shape index (κ3) is 11.2. The second kappa shape index (κ2) is 25.8. The van der Waals surface area contributed by atoms with E-state index in [1.807, 2.05) is 6.07 Å². The summed E-state index contributed by atoms with van der Waals surface area (Å²) in [5.41, 5.74) is 27.4. The summed E-state index contributed by atoms with van der Waals surface area (Å²) < 4.78 is 85.7. The van der Waals surface area contributed by atoms with E-state index < -0.39 is 48.4 Å². The van der Waals surface area contributed by atoms with Gasteiger partial charge in [0.25, 0.3) is 6.71 Å². The Kier molecular flexibility index (Phi) is 14.0. The highest BCUT2D eigenvalue weighted by atomic mass is 15.2. The van der Waals surface area contributed by atoms with Gasteiger partial charge in [0.2, 0.25) is 0 Å². The number of nitrogens with zero attached hydrogens (tertiary/aromatic N) is 6. The summed E-state index contributed by atoms with van der Waals surface area (Å²) in [6.07, 6.45) is 0. The van der Waals surface area contributed by atoms with Crippen LogP contribution in [0.1, 0.15) is 143 Å². The molecular formula is C110H97BN6. The zero-order valence-corrected chi connectivity index (χ0v) is 69.2. The maximum atomic E-state index is 9.99. The summed E-state index contributed by atoms with van der Waals surface area (Å²) in [7, 11) is 0. The van der Waals surface area contributed by atoms with Crippen LogP contribution < -0.4 is 26.2 Å². The van der Waals surface area contributed by atoms with E-state index >= 15 is 0 Å². The number of hydrogen-bond donors (Lipinski definition) is 0. The first kappa shape index (κ1) is 63.5. The van der Waals surface area contributed by atoms with E-state index in [4.69, 9.17) is 0 Å². The fourth-order valence-electron chi connectivity index (χ4n) is 19.1. The number of anilines is 6. The molecule has 0 fully saturated rings. The van der Waals surface area contributed by atoms with Gasteiger partial charge >= 0.3 is 0 Å². The van der Waals surface area contributed by atoms with E-state index in [9.17, 15) is 11.0 Å². The molecule has 0 N–H and O–H groups in total.